The second kappa shape index (κ2) is 6.05. The Hall–Kier alpha value is -1.65. The van der Waals surface area contributed by atoms with Crippen molar-refractivity contribution in [1.29, 1.82) is 0 Å². The predicted molar refractivity (Wildman–Crippen MR) is 63.5 cm³/mol. The third kappa shape index (κ3) is 3.49. The maximum Gasteiger partial charge on any atom is 0.274 e. The molecule has 0 radical (unpaired) electrons. The summed E-state index contributed by atoms with van der Waals surface area (Å²) < 4.78 is 0. The van der Waals surface area contributed by atoms with Gasteiger partial charge in [-0.3, -0.25) is 10.1 Å². The Kier molecular flexibility index (Phi) is 4.69. The molecule has 0 aliphatic carbocycles. The zero-order chi connectivity index (χ0) is 12.0. The molecular weight excluding hydrogens is 206 g/mol. The highest BCUT2D eigenvalue weighted by Crippen LogP contribution is 2.16. The van der Waals surface area contributed by atoms with Gasteiger partial charge in [-0.25, -0.2) is 4.98 Å². The number of rotatable bonds is 6. The van der Waals surface area contributed by atoms with Crippen molar-refractivity contribution in [3.63, 3.8) is 0 Å². The molecule has 0 aliphatic rings. The van der Waals surface area contributed by atoms with E-state index in [9.17, 15) is 10.1 Å². The summed E-state index contributed by atoms with van der Waals surface area (Å²) in [5.41, 5.74) is 0.0730. The number of hydrogen-bond donors (Lipinski definition) is 1. The highest BCUT2D eigenvalue weighted by molar-refractivity contribution is 5.44. The van der Waals surface area contributed by atoms with Gasteiger partial charge in [0.15, 0.2) is 0 Å². The van der Waals surface area contributed by atoms with Crippen LogP contribution in [0, 0.1) is 10.1 Å². The first kappa shape index (κ1) is 12.4. The van der Waals surface area contributed by atoms with E-state index in [-0.39, 0.29) is 5.69 Å². The van der Waals surface area contributed by atoms with Gasteiger partial charge < -0.3 is 5.32 Å². The normalized spacial score (nSPS) is 12.1. The van der Waals surface area contributed by atoms with E-state index in [1.54, 1.807) is 0 Å². The number of hydrogen-bond acceptors (Lipinski definition) is 4. The van der Waals surface area contributed by atoms with Crippen LogP contribution in [-0.2, 0) is 0 Å². The van der Waals surface area contributed by atoms with Gasteiger partial charge in [0, 0.05) is 18.3 Å². The lowest BCUT2D eigenvalue weighted by atomic mass is 10.1. The van der Waals surface area contributed by atoms with Crippen LogP contribution in [0.15, 0.2) is 18.3 Å². The minimum atomic E-state index is -0.409. The van der Waals surface area contributed by atoms with Gasteiger partial charge in [0.2, 0.25) is 0 Å². The van der Waals surface area contributed by atoms with E-state index in [2.05, 4.69) is 24.1 Å². The Morgan fingerprint density at radius 1 is 1.56 bits per heavy atom. The van der Waals surface area contributed by atoms with Crippen LogP contribution in [0.3, 0.4) is 0 Å². The van der Waals surface area contributed by atoms with Gasteiger partial charge in [-0.05, 0) is 12.8 Å². The summed E-state index contributed by atoms with van der Waals surface area (Å²) in [6.45, 7) is 4.20. The predicted octanol–water partition coefficient (Wildman–Crippen LogP) is 2.98. The summed E-state index contributed by atoms with van der Waals surface area (Å²) >= 11 is 0. The van der Waals surface area contributed by atoms with Crippen LogP contribution in [0.5, 0.6) is 0 Å². The van der Waals surface area contributed by atoms with Crippen molar-refractivity contribution in [3.8, 4) is 0 Å². The lowest BCUT2D eigenvalue weighted by molar-refractivity contribution is -0.384. The Morgan fingerprint density at radius 2 is 2.31 bits per heavy atom. The molecule has 0 amide bonds. The van der Waals surface area contributed by atoms with Crippen LogP contribution in [0.25, 0.3) is 0 Å². The van der Waals surface area contributed by atoms with Gasteiger partial charge in [-0.1, -0.05) is 20.3 Å². The van der Waals surface area contributed by atoms with Crippen LogP contribution in [0.1, 0.15) is 33.1 Å². The summed E-state index contributed by atoms with van der Waals surface area (Å²) in [7, 11) is 0. The van der Waals surface area contributed by atoms with Crippen LogP contribution < -0.4 is 5.32 Å². The smallest absolute Gasteiger partial charge is 0.274 e. The molecule has 0 aliphatic heterocycles. The maximum absolute atomic E-state index is 10.6. The minimum Gasteiger partial charge on any atom is -0.367 e. The summed E-state index contributed by atoms with van der Waals surface area (Å²) in [6, 6.07) is 3.20. The van der Waals surface area contributed by atoms with Crippen molar-refractivity contribution >= 4 is 11.5 Å². The molecule has 1 unspecified atom stereocenters. The molecule has 0 saturated heterocycles. The molecule has 0 saturated carbocycles. The summed E-state index contributed by atoms with van der Waals surface area (Å²) in [5.74, 6) is 0.578. The molecule has 1 N–H and O–H groups in total. The van der Waals surface area contributed by atoms with E-state index in [1.807, 2.05) is 0 Å². The molecule has 0 spiro atoms. The second-order valence-electron chi connectivity index (χ2n) is 3.69. The molecule has 5 heteroatoms. The van der Waals surface area contributed by atoms with E-state index < -0.39 is 4.92 Å². The third-order valence-electron chi connectivity index (χ3n) is 2.44. The fraction of sp³-hybridized carbons (Fsp3) is 0.545. The maximum atomic E-state index is 10.6. The fourth-order valence-electron chi connectivity index (χ4n) is 1.55. The molecule has 1 rings (SSSR count). The van der Waals surface area contributed by atoms with E-state index in [0.717, 1.165) is 19.3 Å². The van der Waals surface area contributed by atoms with Gasteiger partial charge in [-0.2, -0.15) is 0 Å². The van der Waals surface area contributed by atoms with Crippen molar-refractivity contribution in [2.45, 2.75) is 39.2 Å². The SMILES string of the molecule is CCCC(CC)Nc1cc([N+](=O)[O-])ccn1. The first-order valence-electron chi connectivity index (χ1n) is 5.54. The van der Waals surface area contributed by atoms with Crippen molar-refractivity contribution in [1.82, 2.24) is 4.98 Å². The third-order valence-corrected chi connectivity index (χ3v) is 2.44. The molecule has 88 valence electrons. The molecule has 0 fully saturated rings. The average Bonchev–Trinajstić information content (AvgIpc) is 2.29. The van der Waals surface area contributed by atoms with Gasteiger partial charge >= 0.3 is 0 Å². The standard InChI is InChI=1S/C11H17N3O2/c1-3-5-9(4-2)13-11-8-10(14(15)16)6-7-12-11/h6-9H,3-5H2,1-2H3,(H,12,13). The number of nitrogens with one attached hydrogen (secondary N) is 1. The molecule has 1 atom stereocenters. The quantitative estimate of drug-likeness (QED) is 0.594. The number of nitro groups is 1. The van der Waals surface area contributed by atoms with Gasteiger partial charge in [0.25, 0.3) is 5.69 Å². The molecule has 0 aromatic carbocycles. The van der Waals surface area contributed by atoms with Crippen LogP contribution in [0.2, 0.25) is 0 Å². The lowest BCUT2D eigenvalue weighted by Crippen LogP contribution is -2.18. The Morgan fingerprint density at radius 3 is 2.88 bits per heavy atom. The monoisotopic (exact) mass is 223 g/mol. The zero-order valence-corrected chi connectivity index (χ0v) is 9.64. The van der Waals surface area contributed by atoms with Gasteiger partial charge in [-0.15, -0.1) is 0 Å². The molecule has 0 bridgehead atoms. The first-order chi connectivity index (χ1) is 7.67. The van der Waals surface area contributed by atoms with E-state index in [1.165, 1.54) is 18.3 Å². The van der Waals surface area contributed by atoms with Crippen molar-refractivity contribution in [2.24, 2.45) is 0 Å². The van der Waals surface area contributed by atoms with Crippen LogP contribution in [0.4, 0.5) is 11.5 Å². The molecule has 1 heterocycles. The van der Waals surface area contributed by atoms with Gasteiger partial charge in [0.05, 0.1) is 11.0 Å². The summed E-state index contributed by atoms with van der Waals surface area (Å²) in [4.78, 5) is 14.3. The highest BCUT2D eigenvalue weighted by Gasteiger charge is 2.09. The van der Waals surface area contributed by atoms with E-state index in [4.69, 9.17) is 0 Å². The number of anilines is 1. The van der Waals surface area contributed by atoms with Crippen LogP contribution in [-0.4, -0.2) is 15.9 Å². The molecule has 16 heavy (non-hydrogen) atoms. The molecule has 5 nitrogen and oxygen atoms in total. The van der Waals surface area contributed by atoms with E-state index >= 15 is 0 Å². The Labute approximate surface area is 95.0 Å². The van der Waals surface area contributed by atoms with Crippen molar-refractivity contribution in [3.05, 3.63) is 28.4 Å². The highest BCUT2D eigenvalue weighted by atomic mass is 16.6. The zero-order valence-electron chi connectivity index (χ0n) is 9.64. The second-order valence-corrected chi connectivity index (χ2v) is 3.69. The van der Waals surface area contributed by atoms with Crippen molar-refractivity contribution < 1.29 is 4.92 Å². The first-order valence-corrected chi connectivity index (χ1v) is 5.54. The number of nitrogens with zero attached hydrogens (tertiary/aromatic N) is 2. The number of pyridine rings is 1. The summed E-state index contributed by atoms with van der Waals surface area (Å²) in [5, 5.41) is 13.8. The van der Waals surface area contributed by atoms with Crippen molar-refractivity contribution in [2.75, 3.05) is 5.32 Å². The van der Waals surface area contributed by atoms with Gasteiger partial charge in [0.1, 0.15) is 5.82 Å². The largest absolute Gasteiger partial charge is 0.367 e. The molecule has 1 aromatic rings. The average molecular weight is 223 g/mol. The minimum absolute atomic E-state index is 0.0730. The molecule has 1 aromatic heterocycles. The fourth-order valence-corrected chi connectivity index (χ4v) is 1.55. The van der Waals surface area contributed by atoms with Crippen LogP contribution >= 0.6 is 0 Å². The molecular formula is C11H17N3O2. The lowest BCUT2D eigenvalue weighted by Gasteiger charge is -2.16. The Bertz CT molecular complexity index is 355. The topological polar surface area (TPSA) is 68.1 Å². The number of aromatic nitrogens is 1. The van der Waals surface area contributed by atoms with E-state index in [0.29, 0.717) is 11.9 Å². The summed E-state index contributed by atoms with van der Waals surface area (Å²) in [6.07, 6.45) is 4.57. The Balaban J connectivity index is 2.72.